The van der Waals surface area contributed by atoms with Crippen LogP contribution in [0.1, 0.15) is 30.6 Å². The quantitative estimate of drug-likeness (QED) is 0.385. The average molecular weight is 307 g/mol. The number of aromatic nitrogens is 1. The molecular formula is C18H21N5. The molecule has 2 N–H and O–H groups in total. The molecule has 23 heavy (non-hydrogen) atoms. The summed E-state index contributed by atoms with van der Waals surface area (Å²) in [6.45, 7) is 2.44. The molecular weight excluding hydrogens is 286 g/mol. The van der Waals surface area contributed by atoms with E-state index in [9.17, 15) is 5.26 Å². The van der Waals surface area contributed by atoms with Gasteiger partial charge in [0.1, 0.15) is 0 Å². The van der Waals surface area contributed by atoms with Gasteiger partial charge in [-0.3, -0.25) is 9.98 Å². The van der Waals surface area contributed by atoms with E-state index < -0.39 is 0 Å². The number of nitrogens with two attached hydrogens (primary N) is 1. The van der Waals surface area contributed by atoms with Crippen LogP contribution in [-0.2, 0) is 6.42 Å². The lowest BCUT2D eigenvalue weighted by atomic mass is 9.99. The van der Waals surface area contributed by atoms with E-state index in [1.54, 1.807) is 6.20 Å². The van der Waals surface area contributed by atoms with Crippen LogP contribution in [0.3, 0.4) is 0 Å². The number of aliphatic imine (C=N–C) groups is 1. The van der Waals surface area contributed by atoms with Crippen molar-refractivity contribution >= 4 is 5.96 Å². The molecule has 1 atom stereocenters. The van der Waals surface area contributed by atoms with Gasteiger partial charge in [-0.2, -0.15) is 5.26 Å². The van der Waals surface area contributed by atoms with Crippen molar-refractivity contribution in [2.24, 2.45) is 10.7 Å². The fraction of sp³-hybridized carbons (Fsp3) is 0.278. The third kappa shape index (κ3) is 4.55. The van der Waals surface area contributed by atoms with E-state index in [-0.39, 0.29) is 12.0 Å². The molecule has 0 aliphatic carbocycles. The van der Waals surface area contributed by atoms with Gasteiger partial charge in [-0.25, -0.2) is 4.90 Å². The van der Waals surface area contributed by atoms with Crippen LogP contribution in [-0.4, -0.2) is 22.4 Å². The van der Waals surface area contributed by atoms with E-state index in [0.29, 0.717) is 6.54 Å². The Balaban J connectivity index is 2.25. The summed E-state index contributed by atoms with van der Waals surface area (Å²) in [5.74, 6) is 0.255. The monoisotopic (exact) mass is 307 g/mol. The molecule has 0 fully saturated rings. The van der Waals surface area contributed by atoms with E-state index in [2.05, 4.69) is 16.2 Å². The Morgan fingerprint density at radius 1 is 1.26 bits per heavy atom. The predicted octanol–water partition coefficient (Wildman–Crippen LogP) is 2.87. The molecule has 0 aliphatic heterocycles. The topological polar surface area (TPSA) is 78.3 Å². The normalized spacial score (nSPS) is 12.4. The number of guanidine groups is 1. The Labute approximate surface area is 137 Å². The number of nitriles is 1. The third-order valence-corrected chi connectivity index (χ3v) is 3.57. The summed E-state index contributed by atoms with van der Waals surface area (Å²) in [4.78, 5) is 10.0. The molecule has 1 heterocycles. The van der Waals surface area contributed by atoms with Crippen LogP contribution in [0.5, 0.6) is 0 Å². The van der Waals surface area contributed by atoms with Gasteiger partial charge in [0.15, 0.2) is 6.19 Å². The predicted molar refractivity (Wildman–Crippen MR) is 91.4 cm³/mol. The van der Waals surface area contributed by atoms with Gasteiger partial charge in [-0.15, -0.1) is 0 Å². The minimum Gasteiger partial charge on any atom is -0.369 e. The van der Waals surface area contributed by atoms with Crippen LogP contribution in [0.25, 0.3) is 0 Å². The fourth-order valence-corrected chi connectivity index (χ4v) is 2.47. The fourth-order valence-electron chi connectivity index (χ4n) is 2.47. The summed E-state index contributed by atoms with van der Waals surface area (Å²) in [6, 6.07) is 15.6. The summed E-state index contributed by atoms with van der Waals surface area (Å²) >= 11 is 0. The second kappa shape index (κ2) is 8.54. The van der Waals surface area contributed by atoms with Gasteiger partial charge in [0.05, 0.1) is 6.04 Å². The van der Waals surface area contributed by atoms with Gasteiger partial charge in [0, 0.05) is 18.4 Å². The summed E-state index contributed by atoms with van der Waals surface area (Å²) in [5.41, 5.74) is 8.02. The summed E-state index contributed by atoms with van der Waals surface area (Å²) in [6.07, 6.45) is 5.45. The smallest absolute Gasteiger partial charge is 0.205 e. The molecule has 2 aromatic rings. The van der Waals surface area contributed by atoms with Crippen molar-refractivity contribution in [2.45, 2.75) is 25.8 Å². The van der Waals surface area contributed by atoms with Crippen molar-refractivity contribution in [3.05, 3.63) is 66.0 Å². The molecule has 0 amide bonds. The maximum absolute atomic E-state index is 9.55. The van der Waals surface area contributed by atoms with E-state index in [1.165, 1.54) is 4.90 Å². The van der Waals surface area contributed by atoms with Gasteiger partial charge >= 0.3 is 0 Å². The minimum atomic E-state index is -0.154. The number of hydrogen-bond donors (Lipinski definition) is 1. The Kier molecular flexibility index (Phi) is 6.13. The maximum Gasteiger partial charge on any atom is 0.205 e. The number of benzene rings is 1. The Morgan fingerprint density at radius 2 is 2.00 bits per heavy atom. The first kappa shape index (κ1) is 16.5. The molecule has 0 bridgehead atoms. The zero-order valence-electron chi connectivity index (χ0n) is 13.3. The molecule has 0 saturated heterocycles. The number of nitrogens with zero attached hydrogens (tertiary/aromatic N) is 4. The van der Waals surface area contributed by atoms with E-state index in [4.69, 9.17) is 5.73 Å². The lowest BCUT2D eigenvalue weighted by molar-refractivity contribution is 0.394. The molecule has 0 aliphatic rings. The SMILES string of the molecule is CCN=C(N)N(C#N)C(CCc1ccccn1)c1ccccc1. The molecule has 0 spiro atoms. The largest absolute Gasteiger partial charge is 0.369 e. The minimum absolute atomic E-state index is 0.154. The number of hydrogen-bond acceptors (Lipinski definition) is 3. The van der Waals surface area contributed by atoms with Crippen molar-refractivity contribution in [1.29, 1.82) is 5.26 Å². The van der Waals surface area contributed by atoms with Crippen LogP contribution in [0.15, 0.2) is 59.7 Å². The molecule has 1 unspecified atom stereocenters. The summed E-state index contributed by atoms with van der Waals surface area (Å²) in [5, 5.41) is 9.55. The highest BCUT2D eigenvalue weighted by atomic mass is 15.3. The first-order chi connectivity index (χ1) is 11.3. The third-order valence-electron chi connectivity index (χ3n) is 3.57. The Hall–Kier alpha value is -2.87. The van der Waals surface area contributed by atoms with Gasteiger partial charge in [-0.1, -0.05) is 36.4 Å². The van der Waals surface area contributed by atoms with Gasteiger partial charge < -0.3 is 5.73 Å². The van der Waals surface area contributed by atoms with Gasteiger partial charge in [0.2, 0.25) is 5.96 Å². The summed E-state index contributed by atoms with van der Waals surface area (Å²) in [7, 11) is 0. The lowest BCUT2D eigenvalue weighted by Crippen LogP contribution is -2.37. The van der Waals surface area contributed by atoms with E-state index >= 15 is 0 Å². The van der Waals surface area contributed by atoms with E-state index in [0.717, 1.165) is 24.1 Å². The number of pyridine rings is 1. The first-order valence-electron chi connectivity index (χ1n) is 7.70. The highest BCUT2D eigenvalue weighted by molar-refractivity contribution is 5.80. The Morgan fingerprint density at radius 3 is 2.61 bits per heavy atom. The summed E-state index contributed by atoms with van der Waals surface area (Å²) < 4.78 is 0. The van der Waals surface area contributed by atoms with Crippen molar-refractivity contribution in [3.63, 3.8) is 0 Å². The van der Waals surface area contributed by atoms with Crippen LogP contribution in [0, 0.1) is 11.5 Å². The molecule has 1 aromatic heterocycles. The molecule has 0 saturated carbocycles. The van der Waals surface area contributed by atoms with Crippen molar-refractivity contribution in [3.8, 4) is 6.19 Å². The van der Waals surface area contributed by atoms with Crippen LogP contribution >= 0.6 is 0 Å². The Bertz CT molecular complexity index is 661. The maximum atomic E-state index is 9.55. The van der Waals surface area contributed by atoms with E-state index in [1.807, 2.05) is 55.5 Å². The molecule has 1 aromatic carbocycles. The van der Waals surface area contributed by atoms with Crippen molar-refractivity contribution < 1.29 is 0 Å². The van der Waals surface area contributed by atoms with Crippen LogP contribution in [0.4, 0.5) is 0 Å². The molecule has 5 heteroatoms. The molecule has 2 rings (SSSR count). The second-order valence-electron chi connectivity index (χ2n) is 5.09. The second-order valence-corrected chi connectivity index (χ2v) is 5.09. The zero-order valence-corrected chi connectivity index (χ0v) is 13.3. The van der Waals surface area contributed by atoms with Crippen LogP contribution < -0.4 is 5.73 Å². The van der Waals surface area contributed by atoms with Crippen LogP contribution in [0.2, 0.25) is 0 Å². The number of rotatable bonds is 6. The first-order valence-corrected chi connectivity index (χ1v) is 7.70. The average Bonchev–Trinajstić information content (AvgIpc) is 2.60. The molecule has 5 nitrogen and oxygen atoms in total. The standard InChI is InChI=1S/C18H21N5/c1-2-21-18(20)23(14-19)17(15-8-4-3-5-9-15)12-11-16-10-6-7-13-22-16/h3-10,13,17H,2,11-12H2,1H3,(H2,20,21). The van der Waals surface area contributed by atoms with Gasteiger partial charge in [-0.05, 0) is 37.5 Å². The zero-order chi connectivity index (χ0) is 16.5. The number of aryl methyl sites for hydroxylation is 1. The highest BCUT2D eigenvalue weighted by Crippen LogP contribution is 2.25. The highest BCUT2D eigenvalue weighted by Gasteiger charge is 2.22. The van der Waals surface area contributed by atoms with Crippen molar-refractivity contribution in [1.82, 2.24) is 9.88 Å². The lowest BCUT2D eigenvalue weighted by Gasteiger charge is -2.26. The van der Waals surface area contributed by atoms with Crippen molar-refractivity contribution in [2.75, 3.05) is 6.54 Å². The van der Waals surface area contributed by atoms with Gasteiger partial charge in [0.25, 0.3) is 0 Å². The molecule has 0 radical (unpaired) electrons. The molecule has 118 valence electrons.